The lowest BCUT2D eigenvalue weighted by molar-refractivity contribution is 0.485. The Labute approximate surface area is 185 Å². The van der Waals surface area contributed by atoms with E-state index in [1.54, 1.807) is 35.6 Å². The number of hydrogen-bond acceptors (Lipinski definition) is 7. The summed E-state index contributed by atoms with van der Waals surface area (Å²) in [5, 5.41) is 12.3. The average molecular weight is 455 g/mol. The molecule has 5 rings (SSSR count). The van der Waals surface area contributed by atoms with E-state index >= 15 is 0 Å². The lowest BCUT2D eigenvalue weighted by Crippen LogP contribution is -2.03. The second kappa shape index (κ2) is 8.51. The van der Waals surface area contributed by atoms with E-state index in [0.29, 0.717) is 23.2 Å². The van der Waals surface area contributed by atoms with Gasteiger partial charge in [-0.2, -0.15) is 0 Å². The lowest BCUT2D eigenvalue weighted by atomic mass is 10.2. The third kappa shape index (κ3) is 4.07. The van der Waals surface area contributed by atoms with Crippen molar-refractivity contribution in [2.24, 2.45) is 0 Å². The van der Waals surface area contributed by atoms with Gasteiger partial charge in [-0.3, -0.25) is 4.57 Å². The molecule has 0 aliphatic carbocycles. The minimum Gasteiger partial charge on any atom is -0.467 e. The topological polar surface area (TPSA) is 69.9 Å². The van der Waals surface area contributed by atoms with Gasteiger partial charge in [0.1, 0.15) is 12.0 Å². The molecule has 0 fully saturated rings. The van der Waals surface area contributed by atoms with Gasteiger partial charge in [0, 0.05) is 16.3 Å². The highest BCUT2D eigenvalue weighted by molar-refractivity contribution is 7.98. The maximum absolute atomic E-state index is 6.04. The summed E-state index contributed by atoms with van der Waals surface area (Å²) in [6.07, 6.45) is 3.35. The van der Waals surface area contributed by atoms with Gasteiger partial charge in [0.2, 0.25) is 5.89 Å². The van der Waals surface area contributed by atoms with Crippen LogP contribution in [0.2, 0.25) is 5.02 Å². The van der Waals surface area contributed by atoms with Gasteiger partial charge < -0.3 is 8.83 Å². The molecule has 9 heteroatoms. The summed E-state index contributed by atoms with van der Waals surface area (Å²) >= 11 is 9.19. The van der Waals surface area contributed by atoms with E-state index in [1.165, 1.54) is 0 Å². The van der Waals surface area contributed by atoms with Crippen molar-refractivity contribution in [3.05, 3.63) is 82.9 Å². The molecule has 0 radical (unpaired) electrons. The average Bonchev–Trinajstić information content (AvgIpc) is 3.55. The number of nitrogens with zero attached hydrogens (tertiary/aromatic N) is 4. The molecule has 0 aliphatic rings. The molecule has 0 spiro atoms. The molecule has 6 nitrogen and oxygen atoms in total. The highest BCUT2D eigenvalue weighted by Crippen LogP contribution is 2.29. The zero-order chi connectivity index (χ0) is 20.3. The highest BCUT2D eigenvalue weighted by Gasteiger charge is 2.17. The van der Waals surface area contributed by atoms with Gasteiger partial charge in [0.15, 0.2) is 11.0 Å². The fourth-order valence-corrected chi connectivity index (χ4v) is 4.53. The molecule has 30 heavy (non-hydrogen) atoms. The van der Waals surface area contributed by atoms with Gasteiger partial charge in [-0.25, -0.2) is 4.98 Å². The van der Waals surface area contributed by atoms with Gasteiger partial charge in [0.25, 0.3) is 0 Å². The first-order chi connectivity index (χ1) is 14.8. The van der Waals surface area contributed by atoms with E-state index in [0.717, 1.165) is 32.9 Å². The smallest absolute Gasteiger partial charge is 0.236 e. The monoisotopic (exact) mass is 454 g/mol. The summed E-state index contributed by atoms with van der Waals surface area (Å²) < 4.78 is 13.2. The summed E-state index contributed by atoms with van der Waals surface area (Å²) in [6, 6.07) is 15.3. The van der Waals surface area contributed by atoms with Crippen LogP contribution in [0.15, 0.2) is 80.4 Å². The Morgan fingerprint density at radius 2 is 1.93 bits per heavy atom. The zero-order valence-corrected chi connectivity index (χ0v) is 18.0. The molecule has 1 aromatic carbocycles. The summed E-state index contributed by atoms with van der Waals surface area (Å²) in [4.78, 5) is 5.59. The van der Waals surface area contributed by atoms with Crippen LogP contribution in [0.1, 0.15) is 11.5 Å². The number of aromatic nitrogens is 4. The fourth-order valence-electron chi connectivity index (χ4n) is 2.93. The Hall–Kier alpha value is -2.81. The van der Waals surface area contributed by atoms with Crippen LogP contribution >= 0.6 is 34.7 Å². The van der Waals surface area contributed by atoms with Crippen LogP contribution in [0.25, 0.3) is 22.2 Å². The first-order valence-corrected chi connectivity index (χ1v) is 11.3. The van der Waals surface area contributed by atoms with Gasteiger partial charge in [0.05, 0.1) is 23.4 Å². The Bertz CT molecular complexity index is 1230. The molecule has 0 aliphatic heterocycles. The maximum atomic E-state index is 6.04. The van der Waals surface area contributed by atoms with E-state index in [4.69, 9.17) is 20.4 Å². The largest absolute Gasteiger partial charge is 0.467 e. The lowest BCUT2D eigenvalue weighted by Gasteiger charge is -2.08. The van der Waals surface area contributed by atoms with E-state index < -0.39 is 0 Å². The number of thioether (sulfide) groups is 1. The van der Waals surface area contributed by atoms with E-state index in [9.17, 15) is 0 Å². The second-order valence-electron chi connectivity index (χ2n) is 6.39. The SMILES string of the molecule is Clc1ccc(-c2nnc(SCc3coc(-c4cccs4)n3)n2Cc2ccco2)cc1. The molecule has 0 saturated heterocycles. The predicted molar refractivity (Wildman–Crippen MR) is 118 cm³/mol. The van der Waals surface area contributed by atoms with Crippen LogP contribution in [0, 0.1) is 0 Å². The van der Waals surface area contributed by atoms with Crippen LogP contribution in [-0.2, 0) is 12.3 Å². The molecule has 4 heterocycles. The third-order valence-corrected chi connectivity index (χ3v) is 6.46. The van der Waals surface area contributed by atoms with Crippen molar-refractivity contribution >= 4 is 34.7 Å². The van der Waals surface area contributed by atoms with Crippen LogP contribution < -0.4 is 0 Å². The number of furan rings is 1. The summed E-state index contributed by atoms with van der Waals surface area (Å²) in [5.74, 6) is 2.84. The number of rotatable bonds is 7. The predicted octanol–water partition coefficient (Wildman–Crippen LogP) is 6.25. The van der Waals surface area contributed by atoms with Gasteiger partial charge in [-0.1, -0.05) is 29.4 Å². The standard InChI is InChI=1S/C21H15ClN4O2S2/c22-15-7-5-14(6-8-15)19-24-25-21(26(19)11-17-3-1-9-27-17)30-13-16-12-28-20(23-16)18-4-2-10-29-18/h1-10,12H,11,13H2. The molecule has 0 atom stereocenters. The number of hydrogen-bond donors (Lipinski definition) is 0. The van der Waals surface area contributed by atoms with Crippen LogP contribution in [0.3, 0.4) is 0 Å². The minimum atomic E-state index is 0.527. The van der Waals surface area contributed by atoms with Gasteiger partial charge >= 0.3 is 0 Å². The Kier molecular flexibility index (Phi) is 5.44. The molecular formula is C21H15ClN4O2S2. The Balaban J connectivity index is 1.40. The highest BCUT2D eigenvalue weighted by atomic mass is 35.5. The van der Waals surface area contributed by atoms with Crippen molar-refractivity contribution in [2.45, 2.75) is 17.5 Å². The maximum Gasteiger partial charge on any atom is 0.236 e. The number of thiophene rings is 1. The van der Waals surface area contributed by atoms with E-state index in [2.05, 4.69) is 15.2 Å². The van der Waals surface area contributed by atoms with E-state index in [-0.39, 0.29) is 0 Å². The van der Waals surface area contributed by atoms with E-state index in [1.807, 2.05) is 58.5 Å². The van der Waals surface area contributed by atoms with Crippen LogP contribution in [-0.4, -0.2) is 19.7 Å². The molecule has 0 unspecified atom stereocenters. The first-order valence-electron chi connectivity index (χ1n) is 9.09. The minimum absolute atomic E-state index is 0.527. The van der Waals surface area contributed by atoms with Crippen molar-refractivity contribution in [1.29, 1.82) is 0 Å². The molecular weight excluding hydrogens is 440 g/mol. The molecule has 150 valence electrons. The van der Waals surface area contributed by atoms with Crippen molar-refractivity contribution in [2.75, 3.05) is 0 Å². The van der Waals surface area contributed by atoms with Crippen molar-refractivity contribution in [3.63, 3.8) is 0 Å². The molecule has 0 saturated carbocycles. The quantitative estimate of drug-likeness (QED) is 0.271. The summed E-state index contributed by atoms with van der Waals surface area (Å²) in [7, 11) is 0. The molecule has 5 aromatic rings. The third-order valence-electron chi connectivity index (χ3n) is 4.35. The molecule has 0 N–H and O–H groups in total. The normalized spacial score (nSPS) is 11.2. The van der Waals surface area contributed by atoms with Gasteiger partial charge in [-0.05, 0) is 47.8 Å². The summed E-state index contributed by atoms with van der Waals surface area (Å²) in [6.45, 7) is 0.527. The van der Waals surface area contributed by atoms with Crippen LogP contribution in [0.4, 0.5) is 0 Å². The van der Waals surface area contributed by atoms with Crippen molar-refractivity contribution in [1.82, 2.24) is 19.7 Å². The van der Waals surface area contributed by atoms with Crippen LogP contribution in [0.5, 0.6) is 0 Å². The molecule has 4 aromatic heterocycles. The van der Waals surface area contributed by atoms with Gasteiger partial charge in [-0.15, -0.1) is 21.5 Å². The summed E-state index contributed by atoms with van der Waals surface area (Å²) in [5.41, 5.74) is 1.79. The van der Waals surface area contributed by atoms with Crippen molar-refractivity contribution < 1.29 is 8.83 Å². The number of oxazole rings is 1. The Morgan fingerprint density at radius 1 is 1.03 bits per heavy atom. The Morgan fingerprint density at radius 3 is 2.70 bits per heavy atom. The second-order valence-corrected chi connectivity index (χ2v) is 8.72. The molecule has 0 bridgehead atoms. The van der Waals surface area contributed by atoms with Crippen molar-refractivity contribution in [3.8, 4) is 22.2 Å². The zero-order valence-electron chi connectivity index (χ0n) is 15.6. The number of benzene rings is 1. The molecule has 0 amide bonds. The number of halogens is 1. The first kappa shape index (κ1) is 19.2. The fraction of sp³-hybridized carbons (Fsp3) is 0.0952.